The molecule has 3 aromatic carbocycles. The van der Waals surface area contributed by atoms with Crippen molar-refractivity contribution in [3.8, 4) is 5.75 Å². The van der Waals surface area contributed by atoms with Gasteiger partial charge in [0.05, 0.1) is 23.7 Å². The highest BCUT2D eigenvalue weighted by atomic mass is 32.2. The van der Waals surface area contributed by atoms with Crippen LogP contribution in [-0.4, -0.2) is 45.7 Å². The van der Waals surface area contributed by atoms with E-state index in [2.05, 4.69) is 5.32 Å². The lowest BCUT2D eigenvalue weighted by molar-refractivity contribution is -0.128. The Morgan fingerprint density at radius 1 is 1.00 bits per heavy atom. The molecule has 4 rings (SSSR count). The van der Waals surface area contributed by atoms with Gasteiger partial charge in [-0.25, -0.2) is 8.42 Å². The monoisotopic (exact) mass is 493 g/mol. The fourth-order valence-electron chi connectivity index (χ4n) is 3.79. The molecule has 1 aliphatic rings. The quantitative estimate of drug-likeness (QED) is 0.545. The summed E-state index contributed by atoms with van der Waals surface area (Å²) in [4.78, 5) is 27.9. The van der Waals surface area contributed by atoms with E-state index in [-0.39, 0.29) is 24.1 Å². The summed E-state index contributed by atoms with van der Waals surface area (Å²) in [5.74, 6) is -0.211. The van der Waals surface area contributed by atoms with Crippen molar-refractivity contribution in [2.45, 2.75) is 19.6 Å². The summed E-state index contributed by atoms with van der Waals surface area (Å²) >= 11 is 0. The van der Waals surface area contributed by atoms with Crippen molar-refractivity contribution >= 4 is 33.2 Å². The number of rotatable bonds is 7. The molecule has 0 bridgehead atoms. The summed E-state index contributed by atoms with van der Waals surface area (Å²) < 4.78 is 31.4. The Bertz CT molecular complexity index is 1310. The minimum atomic E-state index is -3.41. The van der Waals surface area contributed by atoms with E-state index >= 15 is 0 Å². The summed E-state index contributed by atoms with van der Waals surface area (Å²) in [5, 5.41) is 2.87. The average Bonchev–Trinajstić information content (AvgIpc) is 2.90. The third-order valence-corrected chi connectivity index (χ3v) is 7.66. The van der Waals surface area contributed by atoms with Gasteiger partial charge < -0.3 is 15.0 Å². The van der Waals surface area contributed by atoms with Crippen molar-refractivity contribution in [1.82, 2.24) is 5.32 Å². The highest BCUT2D eigenvalue weighted by molar-refractivity contribution is 7.92. The molecule has 0 aromatic heterocycles. The van der Waals surface area contributed by atoms with Gasteiger partial charge in [-0.05, 0) is 48.9 Å². The minimum absolute atomic E-state index is 0.0253. The third-order valence-electron chi connectivity index (χ3n) is 5.88. The molecule has 1 heterocycles. The van der Waals surface area contributed by atoms with Crippen LogP contribution in [0, 0.1) is 0 Å². The second-order valence-electron chi connectivity index (χ2n) is 8.11. The maximum atomic E-state index is 13.5. The van der Waals surface area contributed by atoms with E-state index in [4.69, 9.17) is 4.74 Å². The van der Waals surface area contributed by atoms with Crippen molar-refractivity contribution in [2.75, 3.05) is 28.6 Å². The van der Waals surface area contributed by atoms with Gasteiger partial charge in [0.15, 0.2) is 6.10 Å². The normalized spacial score (nSPS) is 15.0. The Balaban J connectivity index is 1.53. The highest BCUT2D eigenvalue weighted by Gasteiger charge is 2.34. The number of hydrogen-bond donors (Lipinski definition) is 1. The summed E-state index contributed by atoms with van der Waals surface area (Å²) in [7, 11) is -1.93. The first-order chi connectivity index (χ1) is 16.8. The molecule has 0 unspecified atom stereocenters. The number of amides is 2. The molecule has 0 fully saturated rings. The lowest BCUT2D eigenvalue weighted by Crippen LogP contribution is -2.50. The van der Waals surface area contributed by atoms with E-state index in [0.717, 1.165) is 5.56 Å². The second kappa shape index (κ2) is 10.2. The van der Waals surface area contributed by atoms with Gasteiger partial charge in [-0.15, -0.1) is 0 Å². The second-order valence-corrected chi connectivity index (χ2v) is 10.4. The molecule has 182 valence electrons. The van der Waals surface area contributed by atoms with E-state index in [1.807, 2.05) is 30.3 Å². The summed E-state index contributed by atoms with van der Waals surface area (Å²) in [5.41, 5.74) is 2.36. The smallest absolute Gasteiger partial charge is 0.263 e. The number of hydrogen-bond acceptors (Lipinski definition) is 5. The molecule has 1 aliphatic heterocycles. The van der Waals surface area contributed by atoms with Gasteiger partial charge in [-0.1, -0.05) is 42.5 Å². The van der Waals surface area contributed by atoms with Gasteiger partial charge in [-0.3, -0.25) is 13.9 Å². The molecule has 35 heavy (non-hydrogen) atoms. The molecular weight excluding hydrogens is 466 g/mol. The Labute approximate surface area is 205 Å². The highest BCUT2D eigenvalue weighted by Crippen LogP contribution is 2.34. The van der Waals surface area contributed by atoms with Crippen LogP contribution < -0.4 is 19.3 Å². The molecule has 0 saturated heterocycles. The zero-order valence-electron chi connectivity index (χ0n) is 19.5. The number of carbonyl (C=O) groups is 2. The lowest BCUT2D eigenvalue weighted by atomic mass is 10.1. The fraction of sp³-hybridized carbons (Fsp3) is 0.231. The third kappa shape index (κ3) is 5.30. The lowest BCUT2D eigenvalue weighted by Gasteiger charge is -2.34. The number of ether oxygens (including phenoxy) is 1. The topological polar surface area (TPSA) is 96.0 Å². The number of para-hydroxylation sites is 2. The molecule has 9 heteroatoms. The first kappa shape index (κ1) is 24.3. The average molecular weight is 494 g/mol. The predicted molar refractivity (Wildman–Crippen MR) is 135 cm³/mol. The SMILES string of the molecule is CCS(=O)(=O)N(C)c1ccc(C(=O)N2C[C@H](C(=O)NCc3ccccc3)Oc3ccccc32)cc1. The summed E-state index contributed by atoms with van der Waals surface area (Å²) in [6.07, 6.45) is -0.877. The first-order valence-electron chi connectivity index (χ1n) is 11.3. The molecule has 0 saturated carbocycles. The molecule has 8 nitrogen and oxygen atoms in total. The Hall–Kier alpha value is -3.85. The number of nitrogens with one attached hydrogen (secondary N) is 1. The van der Waals surface area contributed by atoms with E-state index < -0.39 is 16.1 Å². The number of sulfonamides is 1. The molecule has 0 radical (unpaired) electrons. The van der Waals surface area contributed by atoms with Crippen LogP contribution in [0.15, 0.2) is 78.9 Å². The maximum absolute atomic E-state index is 13.5. The van der Waals surface area contributed by atoms with Crippen LogP contribution in [0.1, 0.15) is 22.8 Å². The van der Waals surface area contributed by atoms with Gasteiger partial charge in [-0.2, -0.15) is 0 Å². The number of benzene rings is 3. The van der Waals surface area contributed by atoms with Crippen molar-refractivity contribution in [3.63, 3.8) is 0 Å². The van der Waals surface area contributed by atoms with Gasteiger partial charge in [0, 0.05) is 19.2 Å². The number of nitrogens with zero attached hydrogens (tertiary/aromatic N) is 2. The Morgan fingerprint density at radius 2 is 1.66 bits per heavy atom. The van der Waals surface area contributed by atoms with Crippen molar-refractivity contribution in [3.05, 3.63) is 90.0 Å². The molecule has 1 N–H and O–H groups in total. The summed E-state index contributed by atoms with van der Waals surface area (Å²) in [6.45, 7) is 1.97. The van der Waals surface area contributed by atoms with Crippen LogP contribution >= 0.6 is 0 Å². The predicted octanol–water partition coefficient (Wildman–Crippen LogP) is 3.20. The van der Waals surface area contributed by atoms with E-state index in [1.165, 1.54) is 16.3 Å². The van der Waals surface area contributed by atoms with Gasteiger partial charge in [0.2, 0.25) is 10.0 Å². The van der Waals surface area contributed by atoms with E-state index in [0.29, 0.717) is 29.2 Å². The van der Waals surface area contributed by atoms with Crippen LogP contribution in [0.3, 0.4) is 0 Å². The standard InChI is InChI=1S/C26H27N3O5S/c1-3-35(32,33)28(2)21-15-13-20(14-16-21)26(31)29-18-24(34-23-12-8-7-11-22(23)29)25(30)27-17-19-9-5-4-6-10-19/h4-16,24H,3,17-18H2,1-2H3,(H,27,30)/t24-/m1/s1. The summed E-state index contributed by atoms with van der Waals surface area (Å²) in [6, 6.07) is 23.0. The van der Waals surface area contributed by atoms with Crippen LogP contribution in [0.2, 0.25) is 0 Å². The number of anilines is 2. The van der Waals surface area contributed by atoms with Crippen LogP contribution in [0.4, 0.5) is 11.4 Å². The number of carbonyl (C=O) groups excluding carboxylic acids is 2. The van der Waals surface area contributed by atoms with E-state index in [9.17, 15) is 18.0 Å². The molecule has 2 amide bonds. The maximum Gasteiger partial charge on any atom is 0.263 e. The molecule has 1 atom stereocenters. The van der Waals surface area contributed by atoms with Crippen LogP contribution in [0.5, 0.6) is 5.75 Å². The molecular formula is C26H27N3O5S. The Morgan fingerprint density at radius 3 is 2.34 bits per heavy atom. The molecule has 3 aromatic rings. The zero-order valence-corrected chi connectivity index (χ0v) is 20.4. The fourth-order valence-corrected chi connectivity index (χ4v) is 4.62. The van der Waals surface area contributed by atoms with Crippen LogP contribution in [0.25, 0.3) is 0 Å². The number of fused-ring (bicyclic) bond motifs is 1. The van der Waals surface area contributed by atoms with Crippen molar-refractivity contribution in [2.24, 2.45) is 0 Å². The van der Waals surface area contributed by atoms with E-state index in [1.54, 1.807) is 55.5 Å². The Kier molecular flexibility index (Phi) is 7.07. The van der Waals surface area contributed by atoms with Gasteiger partial charge >= 0.3 is 0 Å². The van der Waals surface area contributed by atoms with Gasteiger partial charge in [0.1, 0.15) is 5.75 Å². The largest absolute Gasteiger partial charge is 0.477 e. The molecule has 0 aliphatic carbocycles. The minimum Gasteiger partial charge on any atom is -0.477 e. The van der Waals surface area contributed by atoms with Crippen LogP contribution in [-0.2, 0) is 21.4 Å². The molecule has 0 spiro atoms. The van der Waals surface area contributed by atoms with Crippen molar-refractivity contribution in [1.29, 1.82) is 0 Å². The zero-order chi connectivity index (χ0) is 25.0. The van der Waals surface area contributed by atoms with Gasteiger partial charge in [0.25, 0.3) is 11.8 Å². The van der Waals surface area contributed by atoms with Crippen molar-refractivity contribution < 1.29 is 22.7 Å². The first-order valence-corrected chi connectivity index (χ1v) is 12.9.